The highest BCUT2D eigenvalue weighted by Crippen LogP contribution is 2.27. The van der Waals surface area contributed by atoms with E-state index < -0.39 is 18.9 Å². The second kappa shape index (κ2) is 5.89. The van der Waals surface area contributed by atoms with Crippen LogP contribution in [0.25, 0.3) is 0 Å². The standard InChI is InChI=1S/C9H15Cl3O3/c1-4(10)7-13-8(5(2)11)15-9(14-7)6(3)12/h4-9H,1-3H3/t4-,5-,6+,7?,8?,9?/m0/s1. The first kappa shape index (κ1) is 13.8. The Balaban J connectivity index is 2.64. The Hall–Kier alpha value is 0.750. The van der Waals surface area contributed by atoms with Crippen LogP contribution < -0.4 is 0 Å². The van der Waals surface area contributed by atoms with Gasteiger partial charge in [-0.05, 0) is 20.8 Å². The number of hydrogen-bond donors (Lipinski definition) is 0. The summed E-state index contributed by atoms with van der Waals surface area (Å²) < 4.78 is 16.3. The predicted molar refractivity (Wildman–Crippen MR) is 60.6 cm³/mol. The monoisotopic (exact) mass is 276 g/mol. The van der Waals surface area contributed by atoms with E-state index in [0.29, 0.717) is 0 Å². The Morgan fingerprint density at radius 2 is 0.867 bits per heavy atom. The van der Waals surface area contributed by atoms with Crippen LogP contribution in [-0.4, -0.2) is 35.0 Å². The Morgan fingerprint density at radius 1 is 0.667 bits per heavy atom. The highest BCUT2D eigenvalue weighted by molar-refractivity contribution is 6.21. The Labute approximate surface area is 105 Å². The molecule has 1 fully saturated rings. The van der Waals surface area contributed by atoms with Gasteiger partial charge in [0.05, 0.1) is 16.1 Å². The lowest BCUT2D eigenvalue weighted by molar-refractivity contribution is -0.380. The molecule has 0 N–H and O–H groups in total. The molecule has 0 saturated carbocycles. The number of rotatable bonds is 3. The summed E-state index contributed by atoms with van der Waals surface area (Å²) in [6.07, 6.45) is -1.63. The van der Waals surface area contributed by atoms with Crippen molar-refractivity contribution in [3.63, 3.8) is 0 Å². The van der Waals surface area contributed by atoms with Crippen molar-refractivity contribution in [2.24, 2.45) is 0 Å². The fraction of sp³-hybridized carbons (Fsp3) is 1.00. The third-order valence-electron chi connectivity index (χ3n) is 1.93. The second-order valence-corrected chi connectivity index (χ2v) is 5.61. The van der Waals surface area contributed by atoms with Crippen molar-refractivity contribution in [2.75, 3.05) is 0 Å². The average Bonchev–Trinajstić information content (AvgIpc) is 2.16. The van der Waals surface area contributed by atoms with Gasteiger partial charge in [0.25, 0.3) is 0 Å². The minimum Gasteiger partial charge on any atom is -0.320 e. The van der Waals surface area contributed by atoms with Crippen LogP contribution in [0, 0.1) is 0 Å². The average molecular weight is 278 g/mol. The van der Waals surface area contributed by atoms with Gasteiger partial charge in [-0.1, -0.05) is 0 Å². The molecule has 0 radical (unpaired) electrons. The Kier molecular flexibility index (Phi) is 5.43. The zero-order valence-corrected chi connectivity index (χ0v) is 11.1. The van der Waals surface area contributed by atoms with Gasteiger partial charge < -0.3 is 14.2 Å². The molecule has 5 atom stereocenters. The molecule has 1 heterocycles. The molecule has 3 nitrogen and oxygen atoms in total. The van der Waals surface area contributed by atoms with Crippen LogP contribution in [0.15, 0.2) is 0 Å². The van der Waals surface area contributed by atoms with Crippen molar-refractivity contribution in [1.82, 2.24) is 0 Å². The molecule has 0 aliphatic carbocycles. The van der Waals surface area contributed by atoms with E-state index in [0.717, 1.165) is 0 Å². The molecule has 1 saturated heterocycles. The molecule has 1 rings (SSSR count). The molecule has 90 valence electrons. The summed E-state index contributed by atoms with van der Waals surface area (Å²) in [4.78, 5) is 0. The zero-order chi connectivity index (χ0) is 11.6. The van der Waals surface area contributed by atoms with Crippen LogP contribution in [-0.2, 0) is 14.2 Å². The summed E-state index contributed by atoms with van der Waals surface area (Å²) in [7, 11) is 0. The number of alkyl halides is 3. The largest absolute Gasteiger partial charge is 0.320 e. The van der Waals surface area contributed by atoms with Gasteiger partial charge in [0.15, 0.2) is 18.9 Å². The van der Waals surface area contributed by atoms with E-state index in [4.69, 9.17) is 49.0 Å². The minimum absolute atomic E-state index is 0.287. The fourth-order valence-electron chi connectivity index (χ4n) is 1.14. The molecular weight excluding hydrogens is 262 g/mol. The molecule has 15 heavy (non-hydrogen) atoms. The van der Waals surface area contributed by atoms with E-state index >= 15 is 0 Å². The molecule has 0 aromatic heterocycles. The van der Waals surface area contributed by atoms with Gasteiger partial charge in [-0.25, -0.2) is 0 Å². The van der Waals surface area contributed by atoms with Crippen LogP contribution in [0.5, 0.6) is 0 Å². The molecule has 1 aliphatic heterocycles. The molecule has 0 aromatic rings. The van der Waals surface area contributed by atoms with Gasteiger partial charge >= 0.3 is 0 Å². The van der Waals surface area contributed by atoms with Crippen molar-refractivity contribution >= 4 is 34.8 Å². The third-order valence-corrected chi connectivity index (χ3v) is 2.55. The number of ether oxygens (including phenoxy) is 3. The van der Waals surface area contributed by atoms with Crippen LogP contribution in [0.1, 0.15) is 20.8 Å². The summed E-state index contributed by atoms with van der Waals surface area (Å²) >= 11 is 17.7. The van der Waals surface area contributed by atoms with Gasteiger partial charge in [-0.15, -0.1) is 34.8 Å². The summed E-state index contributed by atoms with van der Waals surface area (Å²) in [6, 6.07) is 0. The van der Waals surface area contributed by atoms with Crippen molar-refractivity contribution in [3.8, 4) is 0 Å². The highest BCUT2D eigenvalue weighted by atomic mass is 35.5. The predicted octanol–water partition coefficient (Wildman–Crippen LogP) is 2.91. The lowest BCUT2D eigenvalue weighted by Crippen LogP contribution is -2.49. The van der Waals surface area contributed by atoms with Crippen LogP contribution in [0.2, 0.25) is 0 Å². The summed E-state index contributed by atoms with van der Waals surface area (Å²) in [5, 5.41) is -0.862. The maximum atomic E-state index is 5.90. The summed E-state index contributed by atoms with van der Waals surface area (Å²) in [5.74, 6) is 0. The highest BCUT2D eigenvalue weighted by Gasteiger charge is 2.37. The molecule has 1 aliphatic rings. The van der Waals surface area contributed by atoms with E-state index in [9.17, 15) is 0 Å². The van der Waals surface area contributed by atoms with Gasteiger partial charge in [0, 0.05) is 0 Å². The zero-order valence-electron chi connectivity index (χ0n) is 8.82. The number of hydrogen-bond acceptors (Lipinski definition) is 3. The molecule has 0 bridgehead atoms. The number of halogens is 3. The van der Waals surface area contributed by atoms with E-state index in [1.165, 1.54) is 0 Å². The molecule has 0 aromatic carbocycles. The fourth-order valence-corrected chi connectivity index (χ4v) is 1.50. The Bertz CT molecular complexity index is 160. The lowest BCUT2D eigenvalue weighted by Gasteiger charge is -2.38. The normalized spacial score (nSPS) is 38.4. The van der Waals surface area contributed by atoms with Crippen LogP contribution in [0.3, 0.4) is 0 Å². The topological polar surface area (TPSA) is 27.7 Å². The van der Waals surface area contributed by atoms with Gasteiger partial charge in [-0.2, -0.15) is 0 Å². The smallest absolute Gasteiger partial charge is 0.179 e. The van der Waals surface area contributed by atoms with Crippen LogP contribution >= 0.6 is 34.8 Å². The minimum atomic E-state index is -0.544. The van der Waals surface area contributed by atoms with Gasteiger partial charge in [0.1, 0.15) is 0 Å². The van der Waals surface area contributed by atoms with Crippen LogP contribution in [0.4, 0.5) is 0 Å². The van der Waals surface area contributed by atoms with E-state index in [-0.39, 0.29) is 16.1 Å². The third kappa shape index (κ3) is 3.91. The summed E-state index contributed by atoms with van der Waals surface area (Å²) in [5.41, 5.74) is 0. The van der Waals surface area contributed by atoms with E-state index in [1.807, 2.05) is 0 Å². The molecule has 6 heteroatoms. The quantitative estimate of drug-likeness (QED) is 0.743. The van der Waals surface area contributed by atoms with E-state index in [2.05, 4.69) is 0 Å². The Morgan fingerprint density at radius 3 is 1.00 bits per heavy atom. The maximum absolute atomic E-state index is 5.90. The molecule has 2 unspecified atom stereocenters. The van der Waals surface area contributed by atoms with Crippen molar-refractivity contribution in [1.29, 1.82) is 0 Å². The van der Waals surface area contributed by atoms with Gasteiger partial charge in [0.2, 0.25) is 0 Å². The van der Waals surface area contributed by atoms with Crippen molar-refractivity contribution in [2.45, 2.75) is 55.8 Å². The maximum Gasteiger partial charge on any atom is 0.179 e. The molecule has 0 spiro atoms. The van der Waals surface area contributed by atoms with Crippen molar-refractivity contribution < 1.29 is 14.2 Å². The van der Waals surface area contributed by atoms with Gasteiger partial charge in [-0.3, -0.25) is 0 Å². The molecular formula is C9H15Cl3O3. The summed E-state index contributed by atoms with van der Waals surface area (Å²) in [6.45, 7) is 5.34. The lowest BCUT2D eigenvalue weighted by atomic mass is 10.3. The first-order valence-corrected chi connectivity index (χ1v) is 6.11. The molecule has 0 amide bonds. The SMILES string of the molecule is C[C@H](Cl)C1OC([C@H](C)Cl)OC([C@@H](C)Cl)O1. The first-order valence-electron chi connectivity index (χ1n) is 4.80. The first-order chi connectivity index (χ1) is 6.91. The second-order valence-electron chi connectivity index (χ2n) is 3.55. The van der Waals surface area contributed by atoms with Crippen molar-refractivity contribution in [3.05, 3.63) is 0 Å². The van der Waals surface area contributed by atoms with E-state index in [1.54, 1.807) is 20.8 Å².